The van der Waals surface area contributed by atoms with Crippen LogP contribution in [0.2, 0.25) is 0 Å². The minimum absolute atomic E-state index is 0.672. The molecular formula is C7H16N2. The molecule has 1 saturated heterocycles. The summed E-state index contributed by atoms with van der Waals surface area (Å²) in [5.41, 5.74) is 0. The van der Waals surface area contributed by atoms with Gasteiger partial charge >= 0.3 is 0 Å². The van der Waals surface area contributed by atoms with E-state index in [0.29, 0.717) is 12.1 Å². The van der Waals surface area contributed by atoms with E-state index in [9.17, 15) is 0 Å². The van der Waals surface area contributed by atoms with Crippen LogP contribution in [0.4, 0.5) is 0 Å². The summed E-state index contributed by atoms with van der Waals surface area (Å²) in [5.74, 6) is 0. The first-order chi connectivity index (χ1) is 4.20. The predicted molar refractivity (Wildman–Crippen MR) is 39.6 cm³/mol. The molecule has 2 heteroatoms. The molecule has 0 radical (unpaired) electrons. The summed E-state index contributed by atoms with van der Waals surface area (Å²) >= 11 is 0. The zero-order valence-corrected chi connectivity index (χ0v) is 6.52. The van der Waals surface area contributed by atoms with Crippen molar-refractivity contribution in [2.75, 3.05) is 20.1 Å². The molecule has 1 fully saturated rings. The van der Waals surface area contributed by atoms with Crippen molar-refractivity contribution in [1.82, 2.24) is 10.2 Å². The van der Waals surface area contributed by atoms with E-state index in [1.807, 2.05) is 0 Å². The molecule has 1 aliphatic heterocycles. The molecule has 1 unspecified atom stereocenters. The molecule has 2 atom stereocenters. The molecule has 0 aliphatic carbocycles. The minimum Gasteiger partial charge on any atom is -0.311 e. The van der Waals surface area contributed by atoms with Crippen molar-refractivity contribution in [2.45, 2.75) is 25.9 Å². The fraction of sp³-hybridized carbons (Fsp3) is 1.00. The van der Waals surface area contributed by atoms with E-state index in [2.05, 4.69) is 31.1 Å². The van der Waals surface area contributed by atoms with Crippen molar-refractivity contribution in [1.29, 1.82) is 0 Å². The molecule has 2 nitrogen and oxygen atoms in total. The van der Waals surface area contributed by atoms with Gasteiger partial charge in [0.05, 0.1) is 0 Å². The third-order valence-corrected chi connectivity index (χ3v) is 2.08. The van der Waals surface area contributed by atoms with Crippen molar-refractivity contribution in [2.24, 2.45) is 0 Å². The molecule has 0 spiro atoms. The van der Waals surface area contributed by atoms with Crippen LogP contribution in [0.3, 0.4) is 0 Å². The second kappa shape index (κ2) is 2.67. The van der Waals surface area contributed by atoms with Crippen LogP contribution in [0, 0.1) is 0 Å². The summed E-state index contributed by atoms with van der Waals surface area (Å²) in [5, 5.41) is 3.42. The summed E-state index contributed by atoms with van der Waals surface area (Å²) in [6, 6.07) is 1.38. The van der Waals surface area contributed by atoms with Crippen LogP contribution in [0.25, 0.3) is 0 Å². The molecule has 0 bridgehead atoms. The maximum absolute atomic E-state index is 3.42. The van der Waals surface area contributed by atoms with E-state index in [1.165, 1.54) is 6.54 Å². The van der Waals surface area contributed by atoms with Crippen LogP contribution >= 0.6 is 0 Å². The largest absolute Gasteiger partial charge is 0.311 e. The Morgan fingerprint density at radius 1 is 1.44 bits per heavy atom. The third kappa shape index (κ3) is 1.66. The first-order valence-electron chi connectivity index (χ1n) is 3.64. The summed E-state index contributed by atoms with van der Waals surface area (Å²) in [7, 11) is 2.18. The van der Waals surface area contributed by atoms with Crippen LogP contribution in [-0.4, -0.2) is 37.1 Å². The summed E-state index contributed by atoms with van der Waals surface area (Å²) < 4.78 is 0. The van der Waals surface area contributed by atoms with Crippen molar-refractivity contribution < 1.29 is 0 Å². The molecule has 0 aromatic heterocycles. The Kier molecular flexibility index (Phi) is 2.09. The zero-order chi connectivity index (χ0) is 6.85. The van der Waals surface area contributed by atoms with Gasteiger partial charge in [-0.3, -0.25) is 0 Å². The highest BCUT2D eigenvalue weighted by Gasteiger charge is 2.17. The van der Waals surface area contributed by atoms with Crippen molar-refractivity contribution in [3.8, 4) is 0 Å². The second-order valence-electron chi connectivity index (χ2n) is 3.10. The number of nitrogens with one attached hydrogen (secondary N) is 1. The molecule has 1 aliphatic rings. The molecular weight excluding hydrogens is 112 g/mol. The lowest BCUT2D eigenvalue weighted by Crippen LogP contribution is -2.52. The van der Waals surface area contributed by atoms with Gasteiger partial charge in [-0.1, -0.05) is 0 Å². The van der Waals surface area contributed by atoms with Crippen LogP contribution in [0.15, 0.2) is 0 Å². The molecule has 0 aromatic rings. The number of nitrogens with zero attached hydrogens (tertiary/aromatic N) is 1. The van der Waals surface area contributed by atoms with E-state index in [1.54, 1.807) is 0 Å². The highest BCUT2D eigenvalue weighted by atomic mass is 15.2. The summed E-state index contributed by atoms with van der Waals surface area (Å²) in [6.07, 6.45) is 0. The minimum atomic E-state index is 0.672. The van der Waals surface area contributed by atoms with Gasteiger partial charge in [-0.15, -0.1) is 0 Å². The number of rotatable bonds is 0. The van der Waals surface area contributed by atoms with Gasteiger partial charge in [0, 0.05) is 25.2 Å². The Bertz CT molecular complexity index is 92.9. The molecule has 1 rings (SSSR count). The van der Waals surface area contributed by atoms with E-state index >= 15 is 0 Å². The zero-order valence-electron chi connectivity index (χ0n) is 6.52. The van der Waals surface area contributed by atoms with E-state index in [0.717, 1.165) is 6.54 Å². The van der Waals surface area contributed by atoms with Crippen LogP contribution < -0.4 is 5.32 Å². The standard InChI is InChI=1S/C7H16N2/c1-6-5-9(3)7(2)4-8-6/h6-8H,4-5H2,1-3H3/t6-,7?/m1/s1. The first kappa shape index (κ1) is 7.03. The summed E-state index contributed by atoms with van der Waals surface area (Å²) in [6.45, 7) is 6.79. The van der Waals surface area contributed by atoms with Crippen molar-refractivity contribution in [3.05, 3.63) is 0 Å². The average Bonchev–Trinajstić information content (AvgIpc) is 1.80. The Morgan fingerprint density at radius 2 is 2.11 bits per heavy atom. The van der Waals surface area contributed by atoms with Crippen LogP contribution in [0.1, 0.15) is 13.8 Å². The van der Waals surface area contributed by atoms with E-state index in [-0.39, 0.29) is 0 Å². The van der Waals surface area contributed by atoms with Gasteiger partial charge in [0.15, 0.2) is 0 Å². The molecule has 1 N–H and O–H groups in total. The smallest absolute Gasteiger partial charge is 0.0190 e. The Labute approximate surface area is 57.2 Å². The Hall–Kier alpha value is -0.0800. The monoisotopic (exact) mass is 128 g/mol. The molecule has 9 heavy (non-hydrogen) atoms. The van der Waals surface area contributed by atoms with Gasteiger partial charge in [0.2, 0.25) is 0 Å². The molecule has 0 aromatic carbocycles. The SMILES string of the molecule is CC1CN[C@H](C)CN1C. The highest BCUT2D eigenvalue weighted by molar-refractivity contribution is 4.78. The topological polar surface area (TPSA) is 15.3 Å². The van der Waals surface area contributed by atoms with E-state index < -0.39 is 0 Å². The van der Waals surface area contributed by atoms with Crippen LogP contribution in [0.5, 0.6) is 0 Å². The maximum atomic E-state index is 3.42. The molecule has 1 heterocycles. The molecule has 0 saturated carbocycles. The fourth-order valence-electron chi connectivity index (χ4n) is 1.20. The molecule has 54 valence electrons. The summed E-state index contributed by atoms with van der Waals surface area (Å²) in [4.78, 5) is 2.39. The third-order valence-electron chi connectivity index (χ3n) is 2.08. The van der Waals surface area contributed by atoms with Gasteiger partial charge in [-0.05, 0) is 20.9 Å². The number of likely N-dealkylation sites (N-methyl/N-ethyl adjacent to an activating group) is 1. The number of hydrogen-bond acceptors (Lipinski definition) is 2. The Balaban J connectivity index is 2.35. The highest BCUT2D eigenvalue weighted by Crippen LogP contribution is 2.01. The van der Waals surface area contributed by atoms with Gasteiger partial charge in [0.25, 0.3) is 0 Å². The molecule has 0 amide bonds. The maximum Gasteiger partial charge on any atom is 0.0190 e. The fourth-order valence-corrected chi connectivity index (χ4v) is 1.20. The lowest BCUT2D eigenvalue weighted by atomic mass is 10.2. The Morgan fingerprint density at radius 3 is 2.56 bits per heavy atom. The second-order valence-corrected chi connectivity index (χ2v) is 3.10. The predicted octanol–water partition coefficient (Wildman–Crippen LogP) is 0.298. The average molecular weight is 128 g/mol. The lowest BCUT2D eigenvalue weighted by molar-refractivity contribution is 0.182. The lowest BCUT2D eigenvalue weighted by Gasteiger charge is -2.34. The first-order valence-corrected chi connectivity index (χ1v) is 3.64. The quantitative estimate of drug-likeness (QED) is 0.504. The van der Waals surface area contributed by atoms with E-state index in [4.69, 9.17) is 0 Å². The van der Waals surface area contributed by atoms with Gasteiger partial charge < -0.3 is 10.2 Å². The van der Waals surface area contributed by atoms with Gasteiger partial charge in [0.1, 0.15) is 0 Å². The van der Waals surface area contributed by atoms with Crippen molar-refractivity contribution in [3.63, 3.8) is 0 Å². The normalized spacial score (nSPS) is 39.0. The number of hydrogen-bond donors (Lipinski definition) is 1. The van der Waals surface area contributed by atoms with Gasteiger partial charge in [-0.25, -0.2) is 0 Å². The van der Waals surface area contributed by atoms with Gasteiger partial charge in [-0.2, -0.15) is 0 Å². The van der Waals surface area contributed by atoms with Crippen LogP contribution in [-0.2, 0) is 0 Å². The number of piperazine rings is 1. The van der Waals surface area contributed by atoms with Crippen molar-refractivity contribution >= 4 is 0 Å².